The Balaban J connectivity index is 2.38. The van der Waals surface area contributed by atoms with Crippen molar-refractivity contribution >= 4 is 12.1 Å². The van der Waals surface area contributed by atoms with Crippen LogP contribution >= 0.6 is 0 Å². The SMILES string of the molecule is O=C1NC=CN2CC=NC=C12. The third kappa shape index (κ3) is 0.920. The van der Waals surface area contributed by atoms with E-state index in [1.165, 1.54) is 0 Å². The first-order valence-electron chi connectivity index (χ1n) is 3.34. The summed E-state index contributed by atoms with van der Waals surface area (Å²) in [6.07, 6.45) is 6.76. The molecule has 0 saturated heterocycles. The maximum Gasteiger partial charge on any atom is 0.273 e. The average molecular weight is 149 g/mol. The lowest BCUT2D eigenvalue weighted by molar-refractivity contribution is -0.118. The topological polar surface area (TPSA) is 44.7 Å². The molecule has 2 rings (SSSR count). The Morgan fingerprint density at radius 2 is 2.55 bits per heavy atom. The summed E-state index contributed by atoms with van der Waals surface area (Å²) in [5.74, 6) is -0.0932. The van der Waals surface area contributed by atoms with Crippen LogP contribution in [0, 0.1) is 0 Å². The first-order chi connectivity index (χ1) is 5.38. The van der Waals surface area contributed by atoms with Crippen molar-refractivity contribution < 1.29 is 4.79 Å². The number of hydrogen-bond donors (Lipinski definition) is 1. The molecule has 11 heavy (non-hydrogen) atoms. The second kappa shape index (κ2) is 2.23. The molecule has 0 aliphatic carbocycles. The Hall–Kier alpha value is -1.58. The summed E-state index contributed by atoms with van der Waals surface area (Å²) in [5.41, 5.74) is 0.606. The predicted octanol–water partition coefficient (Wildman–Crippen LogP) is -0.185. The van der Waals surface area contributed by atoms with Crippen LogP contribution in [0.4, 0.5) is 0 Å². The highest BCUT2D eigenvalue weighted by atomic mass is 16.2. The Bertz CT molecular complexity index is 277. The van der Waals surface area contributed by atoms with E-state index in [9.17, 15) is 4.79 Å². The van der Waals surface area contributed by atoms with Crippen LogP contribution in [0.1, 0.15) is 0 Å². The summed E-state index contributed by atoms with van der Waals surface area (Å²) in [5, 5.41) is 2.58. The van der Waals surface area contributed by atoms with Crippen LogP contribution in [0.3, 0.4) is 0 Å². The van der Waals surface area contributed by atoms with Crippen molar-refractivity contribution in [3.63, 3.8) is 0 Å². The monoisotopic (exact) mass is 149 g/mol. The van der Waals surface area contributed by atoms with Crippen LogP contribution in [0.25, 0.3) is 0 Å². The maximum absolute atomic E-state index is 11.1. The van der Waals surface area contributed by atoms with E-state index in [2.05, 4.69) is 10.3 Å². The fourth-order valence-corrected chi connectivity index (χ4v) is 1.04. The van der Waals surface area contributed by atoms with Crippen molar-refractivity contribution in [1.29, 1.82) is 0 Å². The Morgan fingerprint density at radius 1 is 1.64 bits per heavy atom. The van der Waals surface area contributed by atoms with Gasteiger partial charge < -0.3 is 10.2 Å². The highest BCUT2D eigenvalue weighted by Gasteiger charge is 2.18. The molecule has 0 unspecified atom stereocenters. The van der Waals surface area contributed by atoms with Crippen LogP contribution in [0.15, 0.2) is 29.3 Å². The number of hydrogen-bond acceptors (Lipinski definition) is 3. The molecule has 2 heterocycles. The number of fused-ring (bicyclic) bond motifs is 1. The highest BCUT2D eigenvalue weighted by molar-refractivity contribution is 5.95. The minimum Gasteiger partial charge on any atom is -0.335 e. The zero-order chi connectivity index (χ0) is 7.68. The van der Waals surface area contributed by atoms with Gasteiger partial charge in [0.1, 0.15) is 5.70 Å². The van der Waals surface area contributed by atoms with Crippen LogP contribution < -0.4 is 5.32 Å². The largest absolute Gasteiger partial charge is 0.335 e. The number of carbonyl (C=O) groups is 1. The molecule has 0 saturated carbocycles. The quantitative estimate of drug-likeness (QED) is 0.519. The summed E-state index contributed by atoms with van der Waals surface area (Å²) < 4.78 is 0. The number of aliphatic imine (C=N–C) groups is 1. The molecular weight excluding hydrogens is 142 g/mol. The van der Waals surface area contributed by atoms with E-state index in [1.807, 2.05) is 11.1 Å². The van der Waals surface area contributed by atoms with E-state index >= 15 is 0 Å². The van der Waals surface area contributed by atoms with Gasteiger partial charge in [0.25, 0.3) is 5.91 Å². The molecule has 1 N–H and O–H groups in total. The number of amides is 1. The third-order valence-corrected chi connectivity index (χ3v) is 1.59. The molecule has 0 atom stereocenters. The molecule has 56 valence electrons. The van der Waals surface area contributed by atoms with Gasteiger partial charge in [-0.05, 0) is 0 Å². The summed E-state index contributed by atoms with van der Waals surface area (Å²) >= 11 is 0. The highest BCUT2D eigenvalue weighted by Crippen LogP contribution is 2.11. The van der Waals surface area contributed by atoms with Crippen LogP contribution in [-0.4, -0.2) is 23.6 Å². The molecular formula is C7H7N3O. The van der Waals surface area contributed by atoms with Gasteiger partial charge in [0, 0.05) is 18.6 Å². The van der Waals surface area contributed by atoms with Crippen molar-refractivity contribution in [3.05, 3.63) is 24.3 Å². The van der Waals surface area contributed by atoms with E-state index in [0.29, 0.717) is 12.2 Å². The Labute approximate surface area is 63.9 Å². The van der Waals surface area contributed by atoms with Crippen LogP contribution in [0.5, 0.6) is 0 Å². The van der Waals surface area contributed by atoms with Crippen molar-refractivity contribution in [2.45, 2.75) is 0 Å². The van der Waals surface area contributed by atoms with Gasteiger partial charge in [0.2, 0.25) is 0 Å². The van der Waals surface area contributed by atoms with Crippen LogP contribution in [0.2, 0.25) is 0 Å². The summed E-state index contributed by atoms with van der Waals surface area (Å²) in [7, 11) is 0. The van der Waals surface area contributed by atoms with Gasteiger partial charge in [-0.3, -0.25) is 9.79 Å². The number of rotatable bonds is 0. The minimum absolute atomic E-state index is 0.0932. The molecule has 2 aliphatic heterocycles. The first kappa shape index (κ1) is 6.15. The molecule has 4 heteroatoms. The van der Waals surface area contributed by atoms with Crippen molar-refractivity contribution in [1.82, 2.24) is 10.2 Å². The predicted molar refractivity (Wildman–Crippen MR) is 40.6 cm³/mol. The molecule has 0 fully saturated rings. The Kier molecular flexibility index (Phi) is 1.25. The smallest absolute Gasteiger partial charge is 0.273 e. The van der Waals surface area contributed by atoms with Gasteiger partial charge in [-0.1, -0.05) is 0 Å². The Morgan fingerprint density at radius 3 is 3.36 bits per heavy atom. The second-order valence-corrected chi connectivity index (χ2v) is 2.29. The minimum atomic E-state index is -0.0932. The normalized spacial score (nSPS) is 20.9. The van der Waals surface area contributed by atoms with Gasteiger partial charge in [-0.15, -0.1) is 0 Å². The van der Waals surface area contributed by atoms with E-state index in [4.69, 9.17) is 0 Å². The standard InChI is InChI=1S/C7H7N3O/c11-7-6-5-8-1-3-10(6)4-2-9-7/h1-2,4-5H,3H2,(H,9,11). The second-order valence-electron chi connectivity index (χ2n) is 2.29. The zero-order valence-electron chi connectivity index (χ0n) is 5.82. The third-order valence-electron chi connectivity index (χ3n) is 1.59. The number of carbonyl (C=O) groups excluding carboxylic acids is 1. The average Bonchev–Trinajstić information content (AvgIpc) is 2.06. The first-order valence-corrected chi connectivity index (χ1v) is 3.34. The van der Waals surface area contributed by atoms with Crippen LogP contribution in [-0.2, 0) is 4.79 Å². The molecule has 0 bridgehead atoms. The number of nitrogens with one attached hydrogen (secondary N) is 1. The lowest BCUT2D eigenvalue weighted by atomic mass is 10.3. The van der Waals surface area contributed by atoms with E-state index in [-0.39, 0.29) is 5.91 Å². The molecule has 0 aromatic rings. The fraction of sp³-hybridized carbons (Fsp3) is 0.143. The fourth-order valence-electron chi connectivity index (χ4n) is 1.04. The zero-order valence-corrected chi connectivity index (χ0v) is 5.82. The van der Waals surface area contributed by atoms with Gasteiger partial charge in [-0.25, -0.2) is 0 Å². The van der Waals surface area contributed by atoms with Crippen molar-refractivity contribution in [3.8, 4) is 0 Å². The summed E-state index contributed by atoms with van der Waals surface area (Å²) in [4.78, 5) is 16.8. The molecule has 0 aromatic heterocycles. The molecule has 1 amide bonds. The molecule has 0 aromatic carbocycles. The molecule has 0 radical (unpaired) electrons. The van der Waals surface area contributed by atoms with Gasteiger partial charge in [0.05, 0.1) is 12.7 Å². The molecule has 0 spiro atoms. The van der Waals surface area contributed by atoms with Gasteiger partial charge in [-0.2, -0.15) is 0 Å². The molecule has 2 aliphatic rings. The van der Waals surface area contributed by atoms with Gasteiger partial charge >= 0.3 is 0 Å². The van der Waals surface area contributed by atoms with E-state index < -0.39 is 0 Å². The van der Waals surface area contributed by atoms with E-state index in [0.717, 1.165) is 0 Å². The number of nitrogens with zero attached hydrogens (tertiary/aromatic N) is 2. The maximum atomic E-state index is 11.1. The van der Waals surface area contributed by atoms with Crippen molar-refractivity contribution in [2.75, 3.05) is 6.54 Å². The molecule has 4 nitrogen and oxygen atoms in total. The van der Waals surface area contributed by atoms with Crippen molar-refractivity contribution in [2.24, 2.45) is 4.99 Å². The lowest BCUT2D eigenvalue weighted by Gasteiger charge is -2.25. The van der Waals surface area contributed by atoms with E-state index in [1.54, 1.807) is 18.6 Å². The summed E-state index contributed by atoms with van der Waals surface area (Å²) in [6.45, 7) is 0.676. The summed E-state index contributed by atoms with van der Waals surface area (Å²) in [6, 6.07) is 0. The van der Waals surface area contributed by atoms with Gasteiger partial charge in [0.15, 0.2) is 0 Å². The lowest BCUT2D eigenvalue weighted by Crippen LogP contribution is -2.36.